The fourth-order valence-corrected chi connectivity index (χ4v) is 3.79. The van der Waals surface area contributed by atoms with Crippen molar-refractivity contribution in [3.05, 3.63) is 35.4 Å². The number of nitrogens with one attached hydrogen (secondary N) is 3. The lowest BCUT2D eigenvalue weighted by atomic mass is 10.1. The van der Waals surface area contributed by atoms with Gasteiger partial charge >= 0.3 is 0 Å². The van der Waals surface area contributed by atoms with E-state index in [9.17, 15) is 8.42 Å². The lowest BCUT2D eigenvalue weighted by Crippen LogP contribution is -2.38. The van der Waals surface area contributed by atoms with Gasteiger partial charge in [-0.1, -0.05) is 24.3 Å². The summed E-state index contributed by atoms with van der Waals surface area (Å²) in [7, 11) is 0.0172. The van der Waals surface area contributed by atoms with Crippen molar-refractivity contribution >= 4 is 16.0 Å². The van der Waals surface area contributed by atoms with Crippen LogP contribution in [-0.2, 0) is 27.1 Å². The summed E-state index contributed by atoms with van der Waals surface area (Å²) < 4.78 is 32.0. The van der Waals surface area contributed by atoms with Crippen molar-refractivity contribution in [1.29, 1.82) is 0 Å². The normalized spacial score (nSPS) is 12.4. The van der Waals surface area contributed by atoms with E-state index in [1.165, 1.54) is 0 Å². The summed E-state index contributed by atoms with van der Waals surface area (Å²) >= 11 is 0. The summed E-state index contributed by atoms with van der Waals surface area (Å²) in [4.78, 5) is 4.17. The second kappa shape index (κ2) is 11.1. The van der Waals surface area contributed by atoms with Crippen LogP contribution in [0.15, 0.2) is 29.3 Å². The number of benzene rings is 1. The zero-order valence-electron chi connectivity index (χ0n) is 15.5. The summed E-state index contributed by atoms with van der Waals surface area (Å²) in [6.07, 6.45) is 0.882. The molecule has 142 valence electrons. The van der Waals surface area contributed by atoms with E-state index in [1.807, 2.05) is 38.1 Å². The maximum atomic E-state index is 12.2. The summed E-state index contributed by atoms with van der Waals surface area (Å²) in [5.41, 5.74) is 1.70. The quantitative estimate of drug-likeness (QED) is 0.327. The molecule has 0 aliphatic heterocycles. The Balaban J connectivity index is 2.67. The van der Waals surface area contributed by atoms with Crippen molar-refractivity contribution in [2.45, 2.75) is 38.6 Å². The molecule has 1 aromatic carbocycles. The Bertz CT molecular complexity index is 645. The van der Waals surface area contributed by atoms with Gasteiger partial charge in [-0.2, -0.15) is 0 Å². The molecule has 8 heteroatoms. The van der Waals surface area contributed by atoms with E-state index < -0.39 is 10.0 Å². The van der Waals surface area contributed by atoms with Crippen molar-refractivity contribution in [2.24, 2.45) is 4.99 Å². The van der Waals surface area contributed by atoms with Gasteiger partial charge in [0.05, 0.1) is 5.75 Å². The molecule has 0 spiro atoms. The monoisotopic (exact) mass is 370 g/mol. The van der Waals surface area contributed by atoms with Gasteiger partial charge in [0.15, 0.2) is 5.96 Å². The third kappa shape index (κ3) is 8.85. The minimum Gasteiger partial charge on any atom is -0.385 e. The first-order valence-electron chi connectivity index (χ1n) is 8.38. The van der Waals surface area contributed by atoms with Crippen LogP contribution < -0.4 is 15.4 Å². The second-order valence-electron chi connectivity index (χ2n) is 6.00. The Morgan fingerprint density at radius 1 is 1.20 bits per heavy atom. The van der Waals surface area contributed by atoms with E-state index in [4.69, 9.17) is 4.74 Å². The van der Waals surface area contributed by atoms with Gasteiger partial charge in [-0.15, -0.1) is 0 Å². The first kappa shape index (κ1) is 21.4. The molecule has 0 aliphatic carbocycles. The average molecular weight is 371 g/mol. The molecule has 0 aliphatic rings. The number of ether oxygens (including phenoxy) is 1. The van der Waals surface area contributed by atoms with Crippen molar-refractivity contribution < 1.29 is 13.2 Å². The molecule has 0 saturated heterocycles. The molecule has 0 fully saturated rings. The van der Waals surface area contributed by atoms with Crippen LogP contribution in [0.4, 0.5) is 0 Å². The van der Waals surface area contributed by atoms with E-state index in [2.05, 4.69) is 20.3 Å². The maximum absolute atomic E-state index is 12.2. The fraction of sp³-hybridized carbons (Fsp3) is 0.588. The predicted octanol–water partition coefficient (Wildman–Crippen LogP) is 1.22. The lowest BCUT2D eigenvalue weighted by molar-refractivity contribution is 0.195. The van der Waals surface area contributed by atoms with Crippen LogP contribution in [0.5, 0.6) is 0 Å². The molecule has 0 saturated carbocycles. The smallest absolute Gasteiger partial charge is 0.216 e. The van der Waals surface area contributed by atoms with Gasteiger partial charge < -0.3 is 15.4 Å². The third-order valence-corrected chi connectivity index (χ3v) is 4.89. The van der Waals surface area contributed by atoms with Crippen LogP contribution in [0, 0.1) is 0 Å². The molecule has 0 aromatic heterocycles. The van der Waals surface area contributed by atoms with Crippen LogP contribution in [0.3, 0.4) is 0 Å². The minimum atomic E-state index is -3.36. The molecule has 0 heterocycles. The van der Waals surface area contributed by atoms with E-state index >= 15 is 0 Å². The maximum Gasteiger partial charge on any atom is 0.216 e. The highest BCUT2D eigenvalue weighted by molar-refractivity contribution is 7.88. The van der Waals surface area contributed by atoms with Crippen LogP contribution >= 0.6 is 0 Å². The van der Waals surface area contributed by atoms with Crippen LogP contribution in [0.1, 0.15) is 31.4 Å². The molecule has 25 heavy (non-hydrogen) atoms. The SMILES string of the molecule is CN=C(NCCCOC)NCc1ccccc1CS(=O)(=O)NC(C)C. The molecule has 3 N–H and O–H groups in total. The largest absolute Gasteiger partial charge is 0.385 e. The molecule has 0 bridgehead atoms. The molecular weight excluding hydrogens is 340 g/mol. The van der Waals surface area contributed by atoms with Gasteiger partial charge in [0, 0.05) is 39.9 Å². The number of nitrogens with zero attached hydrogens (tertiary/aromatic N) is 1. The Morgan fingerprint density at radius 3 is 2.48 bits per heavy atom. The number of methoxy groups -OCH3 is 1. The molecule has 7 nitrogen and oxygen atoms in total. The number of hydrogen-bond donors (Lipinski definition) is 3. The fourth-order valence-electron chi connectivity index (χ4n) is 2.30. The highest BCUT2D eigenvalue weighted by Crippen LogP contribution is 2.12. The Hall–Kier alpha value is -1.64. The Labute approximate surface area is 151 Å². The molecule has 0 unspecified atom stereocenters. The van der Waals surface area contributed by atoms with E-state index in [0.717, 1.165) is 24.1 Å². The number of rotatable bonds is 10. The molecule has 1 aromatic rings. The summed E-state index contributed by atoms with van der Waals surface area (Å²) in [6.45, 7) is 5.56. The van der Waals surface area contributed by atoms with Gasteiger partial charge in [-0.3, -0.25) is 4.99 Å². The number of aliphatic imine (C=N–C) groups is 1. The van der Waals surface area contributed by atoms with Crippen molar-refractivity contribution in [3.8, 4) is 0 Å². The van der Waals surface area contributed by atoms with Gasteiger partial charge in [-0.25, -0.2) is 13.1 Å². The topological polar surface area (TPSA) is 91.8 Å². The summed E-state index contributed by atoms with van der Waals surface area (Å²) in [6, 6.07) is 7.39. The number of guanidine groups is 1. The molecule has 0 radical (unpaired) electrons. The summed E-state index contributed by atoms with van der Waals surface area (Å²) in [5, 5.41) is 6.41. The molecular formula is C17H30N4O3S. The van der Waals surface area contributed by atoms with Gasteiger partial charge in [0.2, 0.25) is 10.0 Å². The van der Waals surface area contributed by atoms with Crippen LogP contribution in [-0.4, -0.2) is 47.7 Å². The molecule has 0 amide bonds. The number of sulfonamides is 1. The zero-order valence-corrected chi connectivity index (χ0v) is 16.3. The predicted molar refractivity (Wildman–Crippen MR) is 102 cm³/mol. The Morgan fingerprint density at radius 2 is 1.88 bits per heavy atom. The second-order valence-corrected chi connectivity index (χ2v) is 7.75. The van der Waals surface area contributed by atoms with Gasteiger partial charge in [0.25, 0.3) is 0 Å². The average Bonchev–Trinajstić information content (AvgIpc) is 2.54. The van der Waals surface area contributed by atoms with Gasteiger partial charge in [-0.05, 0) is 31.4 Å². The van der Waals surface area contributed by atoms with E-state index in [0.29, 0.717) is 19.1 Å². The van der Waals surface area contributed by atoms with E-state index in [-0.39, 0.29) is 11.8 Å². The highest BCUT2D eigenvalue weighted by Gasteiger charge is 2.15. The lowest BCUT2D eigenvalue weighted by Gasteiger charge is -2.15. The summed E-state index contributed by atoms with van der Waals surface area (Å²) in [5.74, 6) is 0.636. The van der Waals surface area contributed by atoms with Crippen molar-refractivity contribution in [3.63, 3.8) is 0 Å². The van der Waals surface area contributed by atoms with Crippen LogP contribution in [0.25, 0.3) is 0 Å². The minimum absolute atomic E-state index is 0.0388. The molecule has 0 atom stereocenters. The first-order valence-corrected chi connectivity index (χ1v) is 10.0. The third-order valence-electron chi connectivity index (χ3n) is 3.37. The standard InChI is InChI=1S/C17H30N4O3S/c1-14(2)21-25(22,23)13-16-9-6-5-8-15(16)12-20-17(18-3)19-10-7-11-24-4/h5-6,8-9,14,21H,7,10-13H2,1-4H3,(H2,18,19,20). The van der Waals surface area contributed by atoms with Crippen LogP contribution in [0.2, 0.25) is 0 Å². The zero-order chi connectivity index (χ0) is 18.7. The van der Waals surface area contributed by atoms with Crippen molar-refractivity contribution in [1.82, 2.24) is 15.4 Å². The molecule has 1 rings (SSSR count). The van der Waals surface area contributed by atoms with E-state index in [1.54, 1.807) is 14.2 Å². The first-order chi connectivity index (χ1) is 11.9. The van der Waals surface area contributed by atoms with Gasteiger partial charge in [0.1, 0.15) is 0 Å². The van der Waals surface area contributed by atoms with Crippen molar-refractivity contribution in [2.75, 3.05) is 27.3 Å². The Kier molecular flexibility index (Phi) is 9.48. The number of hydrogen-bond acceptors (Lipinski definition) is 4. The highest BCUT2D eigenvalue weighted by atomic mass is 32.2.